The summed E-state index contributed by atoms with van der Waals surface area (Å²) >= 11 is 0. The Kier molecular flexibility index (Phi) is 8.81. The van der Waals surface area contributed by atoms with E-state index in [2.05, 4.69) is 24.5 Å². The zero-order valence-electron chi connectivity index (χ0n) is 15.7. The van der Waals surface area contributed by atoms with E-state index in [-0.39, 0.29) is 18.0 Å². The monoisotopic (exact) mass is 370 g/mol. The topological polar surface area (TPSA) is 78.4 Å². The predicted octanol–water partition coefficient (Wildman–Crippen LogP) is 2.31. The van der Waals surface area contributed by atoms with Crippen LogP contribution in [0.5, 0.6) is 0 Å². The minimum absolute atomic E-state index is 0.144. The van der Waals surface area contributed by atoms with Gasteiger partial charge in [0.1, 0.15) is 11.6 Å². The molecule has 0 aliphatic carbocycles. The van der Waals surface area contributed by atoms with E-state index < -0.39 is 35.6 Å². The summed E-state index contributed by atoms with van der Waals surface area (Å²) in [6.45, 7) is 7.48. The summed E-state index contributed by atoms with van der Waals surface area (Å²) in [4.78, 5) is 24.0. The van der Waals surface area contributed by atoms with Crippen LogP contribution in [0, 0.1) is 17.6 Å². The van der Waals surface area contributed by atoms with Crippen LogP contribution in [0.15, 0.2) is 18.2 Å². The fourth-order valence-corrected chi connectivity index (χ4v) is 2.52. The number of halogens is 2. The average molecular weight is 370 g/mol. The van der Waals surface area contributed by atoms with E-state index in [1.807, 2.05) is 0 Å². The predicted molar refractivity (Wildman–Crippen MR) is 95.4 cm³/mol. The molecule has 0 aliphatic rings. The summed E-state index contributed by atoms with van der Waals surface area (Å²) in [5.74, 6) is -2.30. The van der Waals surface area contributed by atoms with Crippen LogP contribution in [0.25, 0.3) is 0 Å². The summed E-state index contributed by atoms with van der Waals surface area (Å²) in [6.07, 6.45) is 0.582. The lowest BCUT2D eigenvalue weighted by atomic mass is 10.0. The number of nitrogens with one attached hydrogen (secondary N) is 2. The molecule has 1 rings (SSSR count). The third-order valence-electron chi connectivity index (χ3n) is 4.07. The van der Waals surface area contributed by atoms with Crippen LogP contribution in [-0.2, 0) is 16.0 Å². The van der Waals surface area contributed by atoms with Gasteiger partial charge in [-0.15, -0.1) is 0 Å². The molecule has 0 aromatic heterocycles. The van der Waals surface area contributed by atoms with Gasteiger partial charge in [0.2, 0.25) is 11.8 Å². The summed E-state index contributed by atoms with van der Waals surface area (Å²) in [5, 5.41) is 15.2. The summed E-state index contributed by atoms with van der Waals surface area (Å²) in [6, 6.07) is 1.78. The minimum Gasteiger partial charge on any atom is -0.392 e. The van der Waals surface area contributed by atoms with Gasteiger partial charge in [-0.2, -0.15) is 0 Å². The molecule has 3 atom stereocenters. The maximum Gasteiger partial charge on any atom is 0.243 e. The molecule has 26 heavy (non-hydrogen) atoms. The summed E-state index contributed by atoms with van der Waals surface area (Å²) in [5.41, 5.74) is 0.144. The highest BCUT2D eigenvalue weighted by molar-refractivity contribution is 5.98. The molecule has 0 saturated carbocycles. The summed E-state index contributed by atoms with van der Waals surface area (Å²) < 4.78 is 26.3. The number of rotatable bonds is 9. The van der Waals surface area contributed by atoms with Gasteiger partial charge in [0.15, 0.2) is 0 Å². The van der Waals surface area contributed by atoms with E-state index >= 15 is 0 Å². The number of hydrogen-bond acceptors (Lipinski definition) is 4. The number of imide groups is 1. The largest absolute Gasteiger partial charge is 0.392 e. The lowest BCUT2D eigenvalue weighted by Gasteiger charge is -2.24. The number of carbonyl (C=O) groups excluding carboxylic acids is 2. The van der Waals surface area contributed by atoms with E-state index in [1.54, 1.807) is 13.8 Å². The first-order valence-corrected chi connectivity index (χ1v) is 8.81. The van der Waals surface area contributed by atoms with Crippen molar-refractivity contribution in [3.8, 4) is 0 Å². The lowest BCUT2D eigenvalue weighted by molar-refractivity contribution is -0.131. The molecule has 2 amide bonds. The smallest absolute Gasteiger partial charge is 0.243 e. The Morgan fingerprint density at radius 1 is 1.04 bits per heavy atom. The Bertz CT molecular complexity index is 603. The van der Waals surface area contributed by atoms with Crippen LogP contribution in [0.2, 0.25) is 0 Å². The van der Waals surface area contributed by atoms with Gasteiger partial charge >= 0.3 is 0 Å². The van der Waals surface area contributed by atoms with Gasteiger partial charge < -0.3 is 10.4 Å². The molecule has 1 aromatic rings. The Morgan fingerprint density at radius 2 is 1.62 bits per heavy atom. The Balaban J connectivity index is 2.48. The fourth-order valence-electron chi connectivity index (χ4n) is 2.52. The van der Waals surface area contributed by atoms with Crippen molar-refractivity contribution >= 4 is 11.8 Å². The van der Waals surface area contributed by atoms with Crippen molar-refractivity contribution in [2.45, 2.75) is 65.1 Å². The Hall–Kier alpha value is -1.86. The zero-order valence-corrected chi connectivity index (χ0v) is 15.7. The van der Waals surface area contributed by atoms with Crippen LogP contribution < -0.4 is 10.6 Å². The number of benzene rings is 1. The molecule has 0 radical (unpaired) electrons. The van der Waals surface area contributed by atoms with Gasteiger partial charge in [0.25, 0.3) is 0 Å². The van der Waals surface area contributed by atoms with E-state index in [0.717, 1.165) is 18.6 Å². The second kappa shape index (κ2) is 10.3. The van der Waals surface area contributed by atoms with Gasteiger partial charge in [0, 0.05) is 12.1 Å². The van der Waals surface area contributed by atoms with E-state index in [0.29, 0.717) is 18.4 Å². The highest BCUT2D eigenvalue weighted by atomic mass is 19.1. The first kappa shape index (κ1) is 22.2. The maximum atomic E-state index is 13.1. The number of aliphatic hydroxyl groups excluding tert-OH is 1. The molecule has 0 spiro atoms. The molecule has 0 saturated heterocycles. The number of hydrogen-bond donors (Lipinski definition) is 3. The quantitative estimate of drug-likeness (QED) is 0.623. The first-order chi connectivity index (χ1) is 12.1. The van der Waals surface area contributed by atoms with Crippen molar-refractivity contribution in [3.05, 3.63) is 35.4 Å². The Labute approximate surface area is 153 Å². The highest BCUT2D eigenvalue weighted by Gasteiger charge is 2.21. The average Bonchev–Trinajstić information content (AvgIpc) is 2.50. The zero-order chi connectivity index (χ0) is 19.9. The second-order valence-electron chi connectivity index (χ2n) is 7.08. The fraction of sp³-hybridized carbons (Fsp3) is 0.579. The van der Waals surface area contributed by atoms with Crippen LogP contribution >= 0.6 is 0 Å². The SMILES string of the molecule is CC(C)CC[C@H](O)C(C)N[C@@H](C)C(=O)NC(=O)Cc1cc(F)cc(F)c1. The molecular formula is C19H28F2N2O3. The van der Waals surface area contributed by atoms with E-state index in [1.165, 1.54) is 0 Å². The van der Waals surface area contributed by atoms with Gasteiger partial charge in [-0.1, -0.05) is 13.8 Å². The Morgan fingerprint density at radius 3 is 2.15 bits per heavy atom. The van der Waals surface area contributed by atoms with E-state index in [4.69, 9.17) is 0 Å². The van der Waals surface area contributed by atoms with Crippen LogP contribution in [-0.4, -0.2) is 35.1 Å². The van der Waals surface area contributed by atoms with Crippen molar-refractivity contribution in [1.82, 2.24) is 10.6 Å². The second-order valence-corrected chi connectivity index (χ2v) is 7.08. The van der Waals surface area contributed by atoms with Crippen molar-refractivity contribution in [2.24, 2.45) is 5.92 Å². The standard InChI is InChI=1S/C19H28F2N2O3/c1-11(2)5-6-17(24)12(3)22-13(4)19(26)23-18(25)9-14-7-15(20)10-16(21)8-14/h7-8,10-13,17,22,24H,5-6,9H2,1-4H3,(H,23,25,26)/t12?,13-,17-/m0/s1. The first-order valence-electron chi connectivity index (χ1n) is 8.81. The molecule has 3 N–H and O–H groups in total. The highest BCUT2D eigenvalue weighted by Crippen LogP contribution is 2.10. The van der Waals surface area contributed by atoms with Gasteiger partial charge in [-0.05, 0) is 50.3 Å². The van der Waals surface area contributed by atoms with Crippen LogP contribution in [0.1, 0.15) is 46.1 Å². The minimum atomic E-state index is -0.779. The third-order valence-corrected chi connectivity index (χ3v) is 4.07. The molecule has 0 heterocycles. The van der Waals surface area contributed by atoms with Crippen LogP contribution in [0.3, 0.4) is 0 Å². The van der Waals surface area contributed by atoms with Crippen molar-refractivity contribution < 1.29 is 23.5 Å². The molecule has 0 aliphatic heterocycles. The van der Waals surface area contributed by atoms with E-state index in [9.17, 15) is 23.5 Å². The van der Waals surface area contributed by atoms with Crippen LogP contribution in [0.4, 0.5) is 8.78 Å². The molecule has 1 unspecified atom stereocenters. The van der Waals surface area contributed by atoms with Gasteiger partial charge in [-0.25, -0.2) is 8.78 Å². The number of carbonyl (C=O) groups is 2. The van der Waals surface area contributed by atoms with Gasteiger partial charge in [-0.3, -0.25) is 14.9 Å². The van der Waals surface area contributed by atoms with Crippen molar-refractivity contribution in [2.75, 3.05) is 0 Å². The molecular weight excluding hydrogens is 342 g/mol. The molecule has 5 nitrogen and oxygen atoms in total. The lowest BCUT2D eigenvalue weighted by Crippen LogP contribution is -2.50. The van der Waals surface area contributed by atoms with Crippen molar-refractivity contribution in [1.29, 1.82) is 0 Å². The summed E-state index contributed by atoms with van der Waals surface area (Å²) in [7, 11) is 0. The molecule has 146 valence electrons. The molecule has 7 heteroatoms. The number of amides is 2. The van der Waals surface area contributed by atoms with Crippen molar-refractivity contribution in [3.63, 3.8) is 0 Å². The molecule has 0 bridgehead atoms. The number of aliphatic hydroxyl groups is 1. The van der Waals surface area contributed by atoms with Gasteiger partial charge in [0.05, 0.1) is 18.6 Å². The molecule has 0 fully saturated rings. The normalized spacial score (nSPS) is 14.8. The molecule has 1 aromatic carbocycles. The third kappa shape index (κ3) is 8.01. The maximum absolute atomic E-state index is 13.1.